The van der Waals surface area contributed by atoms with E-state index < -0.39 is 0 Å². The second kappa shape index (κ2) is 7.24. The lowest BCUT2D eigenvalue weighted by atomic mass is 9.81. The molecule has 0 spiro atoms. The SMILES string of the molecule is C#CCCNC(c1ccccc1)C1CCCCC1. The van der Waals surface area contributed by atoms with E-state index >= 15 is 0 Å². The van der Waals surface area contributed by atoms with E-state index in [-0.39, 0.29) is 0 Å². The second-order valence-corrected chi connectivity index (χ2v) is 5.19. The molecular formula is C17H23N. The van der Waals surface area contributed by atoms with Gasteiger partial charge in [-0.1, -0.05) is 49.6 Å². The Morgan fingerprint density at radius 1 is 1.17 bits per heavy atom. The first-order valence-electron chi connectivity index (χ1n) is 7.13. The third-order valence-electron chi connectivity index (χ3n) is 3.91. The molecule has 0 bridgehead atoms. The molecule has 1 aliphatic carbocycles. The Morgan fingerprint density at radius 3 is 2.56 bits per heavy atom. The zero-order chi connectivity index (χ0) is 12.6. The van der Waals surface area contributed by atoms with Crippen molar-refractivity contribution in [1.82, 2.24) is 5.32 Å². The highest BCUT2D eigenvalue weighted by Gasteiger charge is 2.24. The lowest BCUT2D eigenvalue weighted by Crippen LogP contribution is -2.30. The van der Waals surface area contributed by atoms with Gasteiger partial charge in [0.1, 0.15) is 0 Å². The fourth-order valence-electron chi connectivity index (χ4n) is 2.98. The molecule has 0 heterocycles. The molecule has 1 aliphatic rings. The summed E-state index contributed by atoms with van der Waals surface area (Å²) in [5.74, 6) is 3.49. The van der Waals surface area contributed by atoms with Gasteiger partial charge in [-0.15, -0.1) is 12.3 Å². The Morgan fingerprint density at radius 2 is 1.89 bits per heavy atom. The monoisotopic (exact) mass is 241 g/mol. The predicted octanol–water partition coefficient (Wildman–Crippen LogP) is 3.92. The number of rotatable bonds is 5. The maximum absolute atomic E-state index is 5.34. The lowest BCUT2D eigenvalue weighted by molar-refractivity contribution is 0.273. The average Bonchev–Trinajstić information content (AvgIpc) is 2.46. The summed E-state index contributed by atoms with van der Waals surface area (Å²) in [7, 11) is 0. The molecule has 0 aliphatic heterocycles. The fourth-order valence-corrected chi connectivity index (χ4v) is 2.98. The summed E-state index contributed by atoms with van der Waals surface area (Å²) in [6, 6.07) is 11.3. The van der Waals surface area contributed by atoms with E-state index in [1.165, 1.54) is 37.7 Å². The molecule has 1 atom stereocenters. The van der Waals surface area contributed by atoms with Crippen LogP contribution in [0.4, 0.5) is 0 Å². The standard InChI is InChI=1S/C17H23N/c1-2-3-14-18-17(15-10-6-4-7-11-15)16-12-8-5-9-13-16/h1,4,6-7,10-11,16-18H,3,5,8-9,12-14H2. The summed E-state index contributed by atoms with van der Waals surface area (Å²) in [4.78, 5) is 0. The molecule has 1 aromatic carbocycles. The molecule has 1 saturated carbocycles. The van der Waals surface area contributed by atoms with Crippen molar-refractivity contribution in [2.75, 3.05) is 6.54 Å². The van der Waals surface area contributed by atoms with E-state index in [1.807, 2.05) is 0 Å². The van der Waals surface area contributed by atoms with Crippen LogP contribution in [0.25, 0.3) is 0 Å². The number of hydrogen-bond acceptors (Lipinski definition) is 1. The number of benzene rings is 1. The van der Waals surface area contributed by atoms with Crippen molar-refractivity contribution in [3.05, 3.63) is 35.9 Å². The van der Waals surface area contributed by atoms with Gasteiger partial charge in [-0.2, -0.15) is 0 Å². The van der Waals surface area contributed by atoms with Gasteiger partial charge in [0.25, 0.3) is 0 Å². The Labute approximate surface area is 111 Å². The van der Waals surface area contributed by atoms with Gasteiger partial charge in [-0.25, -0.2) is 0 Å². The third kappa shape index (κ3) is 3.62. The summed E-state index contributed by atoms with van der Waals surface area (Å²) in [6.45, 7) is 0.923. The predicted molar refractivity (Wildman–Crippen MR) is 77.2 cm³/mol. The highest BCUT2D eigenvalue weighted by atomic mass is 14.9. The van der Waals surface area contributed by atoms with Gasteiger partial charge in [-0.3, -0.25) is 0 Å². The van der Waals surface area contributed by atoms with Gasteiger partial charge >= 0.3 is 0 Å². The van der Waals surface area contributed by atoms with E-state index in [1.54, 1.807) is 0 Å². The molecule has 0 amide bonds. The molecule has 0 radical (unpaired) electrons. The quantitative estimate of drug-likeness (QED) is 0.608. The van der Waals surface area contributed by atoms with Crippen LogP contribution in [-0.2, 0) is 0 Å². The van der Waals surface area contributed by atoms with Crippen molar-refractivity contribution in [2.45, 2.75) is 44.6 Å². The zero-order valence-corrected chi connectivity index (χ0v) is 11.1. The minimum atomic E-state index is 0.486. The zero-order valence-electron chi connectivity index (χ0n) is 11.1. The van der Waals surface area contributed by atoms with Crippen LogP contribution in [0.15, 0.2) is 30.3 Å². The van der Waals surface area contributed by atoms with Crippen molar-refractivity contribution in [1.29, 1.82) is 0 Å². The maximum atomic E-state index is 5.34. The van der Waals surface area contributed by atoms with Crippen molar-refractivity contribution < 1.29 is 0 Å². The second-order valence-electron chi connectivity index (χ2n) is 5.19. The highest BCUT2D eigenvalue weighted by Crippen LogP contribution is 2.34. The summed E-state index contributed by atoms with van der Waals surface area (Å²) < 4.78 is 0. The maximum Gasteiger partial charge on any atom is 0.0349 e. The van der Waals surface area contributed by atoms with Gasteiger partial charge in [-0.05, 0) is 24.3 Å². The summed E-state index contributed by atoms with van der Waals surface area (Å²) >= 11 is 0. The van der Waals surface area contributed by atoms with Crippen molar-refractivity contribution >= 4 is 0 Å². The molecule has 1 fully saturated rings. The van der Waals surface area contributed by atoms with E-state index in [4.69, 9.17) is 6.42 Å². The largest absolute Gasteiger partial charge is 0.309 e. The normalized spacial score (nSPS) is 18.2. The first kappa shape index (κ1) is 13.2. The Hall–Kier alpha value is -1.26. The van der Waals surface area contributed by atoms with E-state index in [0.717, 1.165) is 18.9 Å². The van der Waals surface area contributed by atoms with Crippen LogP contribution in [0.5, 0.6) is 0 Å². The van der Waals surface area contributed by atoms with Crippen LogP contribution in [0.1, 0.15) is 50.1 Å². The molecule has 1 N–H and O–H groups in total. The molecule has 0 saturated heterocycles. The molecular weight excluding hydrogens is 218 g/mol. The van der Waals surface area contributed by atoms with Crippen LogP contribution in [0, 0.1) is 18.3 Å². The van der Waals surface area contributed by atoms with Crippen molar-refractivity contribution in [3.63, 3.8) is 0 Å². The van der Waals surface area contributed by atoms with Gasteiger partial charge in [0.2, 0.25) is 0 Å². The topological polar surface area (TPSA) is 12.0 Å². The van der Waals surface area contributed by atoms with E-state index in [2.05, 4.69) is 41.6 Å². The van der Waals surface area contributed by atoms with Crippen LogP contribution in [0.3, 0.4) is 0 Å². The van der Waals surface area contributed by atoms with Crippen LogP contribution < -0.4 is 5.32 Å². The molecule has 2 rings (SSSR count). The Bertz CT molecular complexity index is 370. The summed E-state index contributed by atoms with van der Waals surface area (Å²) in [6.07, 6.45) is 13.0. The number of nitrogens with one attached hydrogen (secondary N) is 1. The van der Waals surface area contributed by atoms with Crippen LogP contribution in [-0.4, -0.2) is 6.54 Å². The van der Waals surface area contributed by atoms with Crippen LogP contribution >= 0.6 is 0 Å². The molecule has 18 heavy (non-hydrogen) atoms. The van der Waals surface area contributed by atoms with Gasteiger partial charge < -0.3 is 5.32 Å². The van der Waals surface area contributed by atoms with Crippen LogP contribution in [0.2, 0.25) is 0 Å². The smallest absolute Gasteiger partial charge is 0.0349 e. The van der Waals surface area contributed by atoms with Gasteiger partial charge in [0.15, 0.2) is 0 Å². The van der Waals surface area contributed by atoms with E-state index in [9.17, 15) is 0 Å². The van der Waals surface area contributed by atoms with Crippen molar-refractivity contribution in [3.8, 4) is 12.3 Å². The van der Waals surface area contributed by atoms with Gasteiger partial charge in [0, 0.05) is 19.0 Å². The molecule has 1 nitrogen and oxygen atoms in total. The average molecular weight is 241 g/mol. The lowest BCUT2D eigenvalue weighted by Gasteiger charge is -2.31. The molecule has 1 heteroatoms. The molecule has 96 valence electrons. The minimum absolute atomic E-state index is 0.486. The van der Waals surface area contributed by atoms with E-state index in [0.29, 0.717) is 6.04 Å². The molecule has 1 aromatic rings. The number of terminal acetylenes is 1. The molecule has 0 aromatic heterocycles. The first-order valence-corrected chi connectivity index (χ1v) is 7.13. The fraction of sp³-hybridized carbons (Fsp3) is 0.529. The molecule has 1 unspecified atom stereocenters. The van der Waals surface area contributed by atoms with Gasteiger partial charge in [0.05, 0.1) is 0 Å². The Kier molecular flexibility index (Phi) is 5.30. The summed E-state index contributed by atoms with van der Waals surface area (Å²) in [5.41, 5.74) is 1.42. The summed E-state index contributed by atoms with van der Waals surface area (Å²) in [5, 5.41) is 3.66. The number of hydrogen-bond donors (Lipinski definition) is 1. The third-order valence-corrected chi connectivity index (χ3v) is 3.91. The highest BCUT2D eigenvalue weighted by molar-refractivity contribution is 5.20. The first-order chi connectivity index (χ1) is 8.92. The minimum Gasteiger partial charge on any atom is -0.309 e. The Balaban J connectivity index is 2.04. The van der Waals surface area contributed by atoms with Crippen molar-refractivity contribution in [2.24, 2.45) is 5.92 Å².